The van der Waals surface area contributed by atoms with Crippen molar-refractivity contribution in [2.24, 2.45) is 0 Å². The van der Waals surface area contributed by atoms with Gasteiger partial charge in [0, 0.05) is 30.9 Å². The van der Waals surface area contributed by atoms with Crippen LogP contribution in [-0.4, -0.2) is 40.4 Å². The Bertz CT molecular complexity index is 549. The lowest BCUT2D eigenvalue weighted by Crippen LogP contribution is -2.36. The van der Waals surface area contributed by atoms with E-state index >= 15 is 0 Å². The lowest BCUT2D eigenvalue weighted by atomic mass is 10.2. The molecule has 0 spiro atoms. The van der Waals surface area contributed by atoms with Gasteiger partial charge in [-0.25, -0.2) is 4.68 Å². The van der Waals surface area contributed by atoms with Crippen molar-refractivity contribution in [1.82, 2.24) is 20.0 Å². The van der Waals surface area contributed by atoms with Gasteiger partial charge in [0.25, 0.3) is 0 Å². The highest BCUT2D eigenvalue weighted by Gasteiger charge is 2.22. The Morgan fingerprint density at radius 2 is 2.14 bits per heavy atom. The van der Waals surface area contributed by atoms with Gasteiger partial charge < -0.3 is 5.32 Å². The first kappa shape index (κ1) is 17.0. The third-order valence-electron chi connectivity index (χ3n) is 4.10. The molecule has 1 aromatic heterocycles. The molecule has 1 aliphatic rings. The maximum Gasteiger partial charge on any atom is 0.0645 e. The first-order valence-corrected chi connectivity index (χ1v) is 7.90. The lowest BCUT2D eigenvalue weighted by Gasteiger charge is -2.27. The maximum atomic E-state index is 4.50. The molecule has 1 aromatic carbocycles. The molecule has 120 valence electrons. The second-order valence-corrected chi connectivity index (χ2v) is 5.75. The van der Waals surface area contributed by atoms with E-state index in [9.17, 15) is 0 Å². The van der Waals surface area contributed by atoms with Crippen molar-refractivity contribution in [3.63, 3.8) is 0 Å². The van der Waals surface area contributed by atoms with Crippen LogP contribution >= 0.6 is 12.4 Å². The average molecular weight is 321 g/mol. The monoisotopic (exact) mass is 320 g/mol. The molecule has 0 saturated carbocycles. The Labute approximate surface area is 138 Å². The van der Waals surface area contributed by atoms with Crippen LogP contribution in [0, 0.1) is 0 Å². The normalized spacial score (nSPS) is 17.6. The van der Waals surface area contributed by atoms with Gasteiger partial charge in [0.05, 0.1) is 11.9 Å². The van der Waals surface area contributed by atoms with Crippen molar-refractivity contribution >= 4 is 12.4 Å². The predicted octanol–water partition coefficient (Wildman–Crippen LogP) is 2.87. The second kappa shape index (κ2) is 8.32. The summed E-state index contributed by atoms with van der Waals surface area (Å²) in [7, 11) is 0. The van der Waals surface area contributed by atoms with E-state index < -0.39 is 0 Å². The van der Waals surface area contributed by atoms with Crippen LogP contribution in [0.5, 0.6) is 0 Å². The summed E-state index contributed by atoms with van der Waals surface area (Å²) in [5.41, 5.74) is 2.41. The standard InChI is InChI=1S/C17H24N4.ClH/c1-2-10-20(17-8-9-18-12-17)13-15-11-19-21(14-15)16-6-4-3-5-7-16;/h3-7,11,14,17-18H,2,8-10,12-13H2,1H3;1H. The minimum absolute atomic E-state index is 0. The van der Waals surface area contributed by atoms with Crippen LogP contribution in [0.2, 0.25) is 0 Å². The van der Waals surface area contributed by atoms with Gasteiger partial charge in [0.1, 0.15) is 0 Å². The first-order valence-electron chi connectivity index (χ1n) is 7.90. The summed E-state index contributed by atoms with van der Waals surface area (Å²) in [4.78, 5) is 2.59. The number of nitrogens with one attached hydrogen (secondary N) is 1. The van der Waals surface area contributed by atoms with E-state index in [0.29, 0.717) is 6.04 Å². The summed E-state index contributed by atoms with van der Waals surface area (Å²) in [6.45, 7) is 6.67. The van der Waals surface area contributed by atoms with Crippen LogP contribution in [-0.2, 0) is 6.54 Å². The highest BCUT2D eigenvalue weighted by Crippen LogP contribution is 2.15. The highest BCUT2D eigenvalue weighted by molar-refractivity contribution is 5.85. The molecule has 1 atom stereocenters. The van der Waals surface area contributed by atoms with Crippen molar-refractivity contribution in [2.45, 2.75) is 32.4 Å². The summed E-state index contributed by atoms with van der Waals surface area (Å²) in [5.74, 6) is 0. The van der Waals surface area contributed by atoms with Crippen molar-refractivity contribution in [2.75, 3.05) is 19.6 Å². The fourth-order valence-corrected chi connectivity index (χ4v) is 3.03. The van der Waals surface area contributed by atoms with Gasteiger partial charge in [-0.1, -0.05) is 25.1 Å². The van der Waals surface area contributed by atoms with Gasteiger partial charge in [-0.3, -0.25) is 4.90 Å². The molecule has 4 nitrogen and oxygen atoms in total. The zero-order chi connectivity index (χ0) is 14.5. The summed E-state index contributed by atoms with van der Waals surface area (Å²) >= 11 is 0. The first-order chi connectivity index (χ1) is 10.4. The van der Waals surface area contributed by atoms with E-state index in [2.05, 4.69) is 40.6 Å². The van der Waals surface area contributed by atoms with Crippen molar-refractivity contribution in [3.8, 4) is 5.69 Å². The number of hydrogen-bond acceptors (Lipinski definition) is 3. The van der Waals surface area contributed by atoms with Gasteiger partial charge in [0.2, 0.25) is 0 Å². The molecule has 1 saturated heterocycles. The summed E-state index contributed by atoms with van der Waals surface area (Å²) in [5, 5.41) is 7.97. The molecular formula is C17H25ClN4. The minimum Gasteiger partial charge on any atom is -0.315 e. The van der Waals surface area contributed by atoms with E-state index in [1.807, 2.05) is 29.1 Å². The number of rotatable bonds is 6. The summed E-state index contributed by atoms with van der Waals surface area (Å²) in [6.07, 6.45) is 6.61. The van der Waals surface area contributed by atoms with Gasteiger partial charge in [-0.05, 0) is 38.1 Å². The molecule has 1 N–H and O–H groups in total. The second-order valence-electron chi connectivity index (χ2n) is 5.75. The van der Waals surface area contributed by atoms with E-state index in [1.54, 1.807) is 0 Å². The molecule has 22 heavy (non-hydrogen) atoms. The number of para-hydroxylation sites is 1. The zero-order valence-corrected chi connectivity index (χ0v) is 13.9. The molecule has 2 aromatic rings. The molecule has 5 heteroatoms. The minimum atomic E-state index is 0. The average Bonchev–Trinajstić information content (AvgIpc) is 3.19. The van der Waals surface area contributed by atoms with E-state index in [0.717, 1.165) is 31.9 Å². The van der Waals surface area contributed by atoms with Gasteiger partial charge in [-0.2, -0.15) is 5.10 Å². The molecule has 0 radical (unpaired) electrons. The molecule has 0 bridgehead atoms. The zero-order valence-electron chi connectivity index (χ0n) is 13.1. The van der Waals surface area contributed by atoms with Crippen LogP contribution < -0.4 is 5.32 Å². The highest BCUT2D eigenvalue weighted by atomic mass is 35.5. The third-order valence-corrected chi connectivity index (χ3v) is 4.10. The quantitative estimate of drug-likeness (QED) is 0.888. The van der Waals surface area contributed by atoms with Crippen LogP contribution in [0.25, 0.3) is 5.69 Å². The van der Waals surface area contributed by atoms with Crippen LogP contribution in [0.3, 0.4) is 0 Å². The van der Waals surface area contributed by atoms with E-state index in [-0.39, 0.29) is 12.4 Å². The fourth-order valence-electron chi connectivity index (χ4n) is 3.03. The van der Waals surface area contributed by atoms with E-state index in [4.69, 9.17) is 0 Å². The molecule has 0 amide bonds. The number of aromatic nitrogens is 2. The maximum absolute atomic E-state index is 4.50. The molecule has 1 unspecified atom stereocenters. The number of nitrogens with zero attached hydrogens (tertiary/aromatic N) is 3. The molecule has 2 heterocycles. The van der Waals surface area contributed by atoms with Crippen molar-refractivity contribution in [1.29, 1.82) is 0 Å². The number of halogens is 1. The molecule has 3 rings (SSSR count). The van der Waals surface area contributed by atoms with Crippen LogP contribution in [0.15, 0.2) is 42.7 Å². The van der Waals surface area contributed by atoms with Crippen molar-refractivity contribution in [3.05, 3.63) is 48.3 Å². The fraction of sp³-hybridized carbons (Fsp3) is 0.471. The van der Waals surface area contributed by atoms with Crippen LogP contribution in [0.4, 0.5) is 0 Å². The lowest BCUT2D eigenvalue weighted by molar-refractivity contribution is 0.199. The smallest absolute Gasteiger partial charge is 0.0645 e. The van der Waals surface area contributed by atoms with Gasteiger partial charge in [0.15, 0.2) is 0 Å². The number of hydrogen-bond donors (Lipinski definition) is 1. The Balaban J connectivity index is 0.00000176. The third kappa shape index (κ3) is 4.09. The largest absolute Gasteiger partial charge is 0.315 e. The van der Waals surface area contributed by atoms with Crippen LogP contribution in [0.1, 0.15) is 25.3 Å². The molecule has 1 aliphatic heterocycles. The Kier molecular flexibility index (Phi) is 6.43. The Morgan fingerprint density at radius 1 is 1.32 bits per heavy atom. The van der Waals surface area contributed by atoms with Gasteiger partial charge >= 0.3 is 0 Å². The molecule has 1 fully saturated rings. The number of benzene rings is 1. The summed E-state index contributed by atoms with van der Waals surface area (Å²) in [6, 6.07) is 11.0. The topological polar surface area (TPSA) is 33.1 Å². The molecular weight excluding hydrogens is 296 g/mol. The summed E-state index contributed by atoms with van der Waals surface area (Å²) < 4.78 is 1.96. The van der Waals surface area contributed by atoms with Crippen molar-refractivity contribution < 1.29 is 0 Å². The Morgan fingerprint density at radius 3 is 2.82 bits per heavy atom. The van der Waals surface area contributed by atoms with E-state index in [1.165, 1.54) is 18.4 Å². The predicted molar refractivity (Wildman–Crippen MR) is 92.8 cm³/mol. The Hall–Kier alpha value is -1.36. The SMILES string of the molecule is CCCN(Cc1cnn(-c2ccccc2)c1)C1CCNC1.Cl. The molecule has 0 aliphatic carbocycles. The van der Waals surface area contributed by atoms with Gasteiger partial charge in [-0.15, -0.1) is 12.4 Å².